The van der Waals surface area contributed by atoms with Crippen molar-refractivity contribution in [3.05, 3.63) is 57.5 Å². The Bertz CT molecular complexity index is 625. The summed E-state index contributed by atoms with van der Waals surface area (Å²) in [6.07, 6.45) is 0.477. The summed E-state index contributed by atoms with van der Waals surface area (Å²) in [5.74, 6) is -0.681. The molecule has 0 bridgehead atoms. The van der Waals surface area contributed by atoms with Crippen LogP contribution in [0.15, 0.2) is 34.7 Å². The molecule has 2 aromatic rings. The third-order valence-electron chi connectivity index (χ3n) is 3.01. The molecule has 4 nitrogen and oxygen atoms in total. The Morgan fingerprint density at radius 3 is 2.60 bits per heavy atom. The normalized spacial score (nSPS) is 12.3. The summed E-state index contributed by atoms with van der Waals surface area (Å²) in [7, 11) is 0. The fourth-order valence-electron chi connectivity index (χ4n) is 2.00. The van der Waals surface area contributed by atoms with Gasteiger partial charge in [-0.2, -0.15) is 0 Å². The molecule has 0 amide bonds. The van der Waals surface area contributed by atoms with Crippen molar-refractivity contribution in [1.29, 1.82) is 0 Å². The maximum atomic E-state index is 10.8. The molecule has 0 saturated heterocycles. The van der Waals surface area contributed by atoms with E-state index >= 15 is 0 Å². The van der Waals surface area contributed by atoms with Gasteiger partial charge in [0.15, 0.2) is 0 Å². The van der Waals surface area contributed by atoms with Crippen LogP contribution in [-0.4, -0.2) is 17.6 Å². The van der Waals surface area contributed by atoms with Gasteiger partial charge in [0.25, 0.3) is 0 Å². The van der Waals surface area contributed by atoms with E-state index in [1.165, 1.54) is 6.07 Å². The summed E-state index contributed by atoms with van der Waals surface area (Å²) in [4.78, 5) is 10.8. The number of halogens is 2. The predicted molar refractivity (Wildman–Crippen MR) is 77.6 cm³/mol. The third-order valence-corrected chi connectivity index (χ3v) is 3.57. The van der Waals surface area contributed by atoms with Gasteiger partial charge < -0.3 is 15.3 Å². The highest BCUT2D eigenvalue weighted by atomic mass is 35.5. The SMILES string of the molecule is NCC(Cc1ccc(C(=O)O)o1)c1ccc(Cl)cc1Cl. The van der Waals surface area contributed by atoms with Gasteiger partial charge in [-0.05, 0) is 36.4 Å². The monoisotopic (exact) mass is 313 g/mol. The largest absolute Gasteiger partial charge is 0.475 e. The molecular weight excluding hydrogens is 301 g/mol. The number of nitrogens with two attached hydrogens (primary N) is 1. The molecule has 0 saturated carbocycles. The average Bonchev–Trinajstić information content (AvgIpc) is 2.85. The molecule has 0 fully saturated rings. The molecule has 0 aliphatic heterocycles. The van der Waals surface area contributed by atoms with Gasteiger partial charge in [-0.3, -0.25) is 0 Å². The lowest BCUT2D eigenvalue weighted by molar-refractivity contribution is 0.0660. The molecule has 1 atom stereocenters. The molecule has 0 aliphatic rings. The zero-order chi connectivity index (χ0) is 14.7. The molecule has 0 spiro atoms. The van der Waals surface area contributed by atoms with E-state index in [1.54, 1.807) is 18.2 Å². The van der Waals surface area contributed by atoms with Crippen LogP contribution >= 0.6 is 23.2 Å². The fourth-order valence-corrected chi connectivity index (χ4v) is 2.56. The number of furan rings is 1. The Morgan fingerprint density at radius 1 is 1.30 bits per heavy atom. The summed E-state index contributed by atoms with van der Waals surface area (Å²) in [6, 6.07) is 8.29. The molecule has 1 aromatic heterocycles. The number of carboxylic acid groups (broad SMARTS) is 1. The van der Waals surface area contributed by atoms with E-state index in [0.717, 1.165) is 5.56 Å². The van der Waals surface area contributed by atoms with E-state index in [2.05, 4.69) is 0 Å². The Labute approximate surface area is 126 Å². The van der Waals surface area contributed by atoms with Gasteiger partial charge in [-0.25, -0.2) is 4.79 Å². The van der Waals surface area contributed by atoms with E-state index in [9.17, 15) is 4.79 Å². The van der Waals surface area contributed by atoms with Crippen LogP contribution in [0.2, 0.25) is 10.0 Å². The van der Waals surface area contributed by atoms with Crippen molar-refractivity contribution < 1.29 is 14.3 Å². The first-order chi connectivity index (χ1) is 9.51. The molecule has 6 heteroatoms. The van der Waals surface area contributed by atoms with Gasteiger partial charge in [0, 0.05) is 22.4 Å². The molecule has 0 radical (unpaired) electrons. The summed E-state index contributed by atoms with van der Waals surface area (Å²) in [5.41, 5.74) is 6.64. The lowest BCUT2D eigenvalue weighted by Crippen LogP contribution is -2.15. The van der Waals surface area contributed by atoms with Crippen LogP contribution in [0.25, 0.3) is 0 Å². The van der Waals surface area contributed by atoms with Crippen molar-refractivity contribution in [1.82, 2.24) is 0 Å². The second kappa shape index (κ2) is 6.31. The predicted octanol–water partition coefficient (Wildman–Crippen LogP) is 3.57. The molecule has 3 N–H and O–H groups in total. The molecule has 2 rings (SSSR count). The molecular formula is C14H13Cl2NO3. The summed E-state index contributed by atoms with van der Waals surface area (Å²) in [5, 5.41) is 9.92. The minimum atomic E-state index is -1.09. The Hall–Kier alpha value is -1.49. The van der Waals surface area contributed by atoms with E-state index < -0.39 is 5.97 Å². The van der Waals surface area contributed by atoms with Crippen LogP contribution in [0.1, 0.15) is 27.8 Å². The van der Waals surface area contributed by atoms with Crippen molar-refractivity contribution >= 4 is 29.2 Å². The highest BCUT2D eigenvalue weighted by Crippen LogP contribution is 2.29. The zero-order valence-corrected chi connectivity index (χ0v) is 12.0. The minimum Gasteiger partial charge on any atom is -0.475 e. The van der Waals surface area contributed by atoms with Crippen LogP contribution in [0.3, 0.4) is 0 Å². The second-order valence-electron chi connectivity index (χ2n) is 4.37. The summed E-state index contributed by atoms with van der Waals surface area (Å²) >= 11 is 12.0. The van der Waals surface area contributed by atoms with Crippen molar-refractivity contribution in [3.8, 4) is 0 Å². The van der Waals surface area contributed by atoms with Crippen LogP contribution in [0, 0.1) is 0 Å². The van der Waals surface area contributed by atoms with Crippen molar-refractivity contribution in [3.63, 3.8) is 0 Å². The number of hydrogen-bond acceptors (Lipinski definition) is 3. The van der Waals surface area contributed by atoms with Gasteiger partial charge in [-0.15, -0.1) is 0 Å². The van der Waals surface area contributed by atoms with Crippen molar-refractivity contribution in [2.24, 2.45) is 5.73 Å². The summed E-state index contributed by atoms with van der Waals surface area (Å²) < 4.78 is 5.24. The second-order valence-corrected chi connectivity index (χ2v) is 5.22. The van der Waals surface area contributed by atoms with Gasteiger partial charge >= 0.3 is 5.97 Å². The van der Waals surface area contributed by atoms with E-state index in [1.807, 2.05) is 6.07 Å². The molecule has 20 heavy (non-hydrogen) atoms. The van der Waals surface area contributed by atoms with Crippen LogP contribution < -0.4 is 5.73 Å². The number of carbonyl (C=O) groups is 1. The van der Waals surface area contributed by atoms with Gasteiger partial charge in [-0.1, -0.05) is 29.3 Å². The first-order valence-electron chi connectivity index (χ1n) is 5.98. The van der Waals surface area contributed by atoms with E-state index in [4.69, 9.17) is 38.5 Å². The van der Waals surface area contributed by atoms with Crippen LogP contribution in [-0.2, 0) is 6.42 Å². The highest BCUT2D eigenvalue weighted by molar-refractivity contribution is 6.35. The van der Waals surface area contributed by atoms with Crippen molar-refractivity contribution in [2.45, 2.75) is 12.3 Å². The third kappa shape index (κ3) is 3.33. The maximum absolute atomic E-state index is 10.8. The average molecular weight is 314 g/mol. The van der Waals surface area contributed by atoms with Crippen molar-refractivity contribution in [2.75, 3.05) is 6.54 Å². The van der Waals surface area contributed by atoms with Gasteiger partial charge in [0.1, 0.15) is 5.76 Å². The first-order valence-corrected chi connectivity index (χ1v) is 6.74. The first kappa shape index (κ1) is 14.9. The Balaban J connectivity index is 2.21. The lowest BCUT2D eigenvalue weighted by atomic mass is 9.95. The number of hydrogen-bond donors (Lipinski definition) is 2. The molecule has 106 valence electrons. The number of rotatable bonds is 5. The Morgan fingerprint density at radius 2 is 2.05 bits per heavy atom. The lowest BCUT2D eigenvalue weighted by Gasteiger charge is -2.15. The quantitative estimate of drug-likeness (QED) is 0.884. The van der Waals surface area contributed by atoms with Gasteiger partial charge in [0.05, 0.1) is 0 Å². The van der Waals surface area contributed by atoms with E-state index in [-0.39, 0.29) is 11.7 Å². The van der Waals surface area contributed by atoms with E-state index in [0.29, 0.717) is 28.8 Å². The van der Waals surface area contributed by atoms with Crippen LogP contribution in [0.4, 0.5) is 0 Å². The maximum Gasteiger partial charge on any atom is 0.371 e. The molecule has 1 heterocycles. The Kier molecular flexibility index (Phi) is 4.70. The standard InChI is InChI=1S/C14H13Cl2NO3/c15-9-1-3-11(12(16)6-9)8(7-17)5-10-2-4-13(20-10)14(18)19/h1-4,6,8H,5,7,17H2,(H,18,19). The number of carboxylic acids is 1. The fraction of sp³-hybridized carbons (Fsp3) is 0.214. The minimum absolute atomic E-state index is 0.0624. The molecule has 0 aliphatic carbocycles. The number of aromatic carboxylic acids is 1. The molecule has 1 unspecified atom stereocenters. The zero-order valence-electron chi connectivity index (χ0n) is 10.5. The topological polar surface area (TPSA) is 76.5 Å². The summed E-state index contributed by atoms with van der Waals surface area (Å²) in [6.45, 7) is 0.366. The molecule has 1 aromatic carbocycles. The highest BCUT2D eigenvalue weighted by Gasteiger charge is 2.17. The smallest absolute Gasteiger partial charge is 0.371 e. The van der Waals surface area contributed by atoms with Crippen LogP contribution in [0.5, 0.6) is 0 Å². The van der Waals surface area contributed by atoms with Gasteiger partial charge in [0.2, 0.25) is 5.76 Å². The number of benzene rings is 1.